The fourth-order valence-electron chi connectivity index (χ4n) is 0.409. The highest BCUT2D eigenvalue weighted by Crippen LogP contribution is 2.21. The number of nitrogens with zero attached hydrogens (tertiary/aromatic N) is 2. The summed E-state index contributed by atoms with van der Waals surface area (Å²) in [5.41, 5.74) is 0. The lowest BCUT2D eigenvalue weighted by atomic mass is 10.2. The predicted octanol–water partition coefficient (Wildman–Crippen LogP) is 1.48. The molecular formula is C7H9F3N2O2S. The molecule has 0 spiro atoms. The minimum Gasteiger partial charge on any atom is -0.261 e. The fraction of sp³-hybridized carbons (Fsp3) is 0.714. The summed E-state index contributed by atoms with van der Waals surface area (Å²) in [7, 11) is -3.55. The van der Waals surface area contributed by atoms with Crippen molar-refractivity contribution in [3.63, 3.8) is 0 Å². The van der Waals surface area contributed by atoms with E-state index in [1.807, 2.05) is 0 Å². The smallest absolute Gasteiger partial charge is 0.261 e. The number of carbonyl (C=O) groups is 1. The molecule has 0 bridgehead atoms. The van der Waals surface area contributed by atoms with E-state index in [-0.39, 0.29) is 0 Å². The van der Waals surface area contributed by atoms with Crippen molar-refractivity contribution < 1.29 is 22.2 Å². The van der Waals surface area contributed by atoms with E-state index in [0.717, 1.165) is 20.1 Å². The highest BCUT2D eigenvalue weighted by molar-refractivity contribution is 7.94. The summed E-state index contributed by atoms with van der Waals surface area (Å²) in [5, 5.41) is 8.56. The third-order valence-electron chi connectivity index (χ3n) is 1.72. The number of alkyl halides is 3. The first-order chi connectivity index (χ1) is 6.44. The zero-order valence-corrected chi connectivity index (χ0v) is 9.07. The molecule has 1 atom stereocenters. The first-order valence-electron chi connectivity index (χ1n) is 3.68. The Hall–Kier alpha value is -1.10. The number of rotatable bonds is 1. The van der Waals surface area contributed by atoms with Gasteiger partial charge < -0.3 is 0 Å². The van der Waals surface area contributed by atoms with Crippen LogP contribution in [0, 0.1) is 11.3 Å². The Balaban J connectivity index is 5.45. The van der Waals surface area contributed by atoms with Gasteiger partial charge in [0.15, 0.2) is 0 Å². The Morgan fingerprint density at radius 3 is 2.07 bits per heavy atom. The number of hydrogen-bond donors (Lipinski definition) is 0. The van der Waals surface area contributed by atoms with E-state index in [9.17, 15) is 22.2 Å². The summed E-state index contributed by atoms with van der Waals surface area (Å²) >= 11 is 0. The molecule has 0 aromatic heterocycles. The van der Waals surface area contributed by atoms with Gasteiger partial charge in [0.1, 0.15) is 4.75 Å². The Kier molecular flexibility index (Phi) is 3.53. The highest BCUT2D eigenvalue weighted by atomic mass is 32.2. The largest absolute Gasteiger partial charge is 0.474 e. The Morgan fingerprint density at radius 1 is 1.40 bits per heavy atom. The second-order valence-corrected chi connectivity index (χ2v) is 6.13. The van der Waals surface area contributed by atoms with Crippen molar-refractivity contribution >= 4 is 15.6 Å². The zero-order valence-electron chi connectivity index (χ0n) is 8.25. The van der Waals surface area contributed by atoms with E-state index >= 15 is 0 Å². The van der Waals surface area contributed by atoms with Crippen LogP contribution in [0.25, 0.3) is 0 Å². The van der Waals surface area contributed by atoms with Crippen molar-refractivity contribution in [2.24, 2.45) is 4.36 Å². The number of hydrogen-bond acceptors (Lipinski definition) is 3. The van der Waals surface area contributed by atoms with Crippen molar-refractivity contribution in [1.29, 1.82) is 5.26 Å². The minimum atomic E-state index is -5.16. The van der Waals surface area contributed by atoms with Gasteiger partial charge in [-0.05, 0) is 13.8 Å². The average Bonchev–Trinajstić information content (AvgIpc) is 2.01. The monoisotopic (exact) mass is 242 g/mol. The van der Waals surface area contributed by atoms with Gasteiger partial charge in [0, 0.05) is 6.26 Å². The van der Waals surface area contributed by atoms with Crippen LogP contribution in [0.3, 0.4) is 0 Å². The molecule has 0 saturated heterocycles. The molecule has 4 nitrogen and oxygen atoms in total. The van der Waals surface area contributed by atoms with Crippen LogP contribution in [0.4, 0.5) is 13.2 Å². The van der Waals surface area contributed by atoms with E-state index in [1.165, 1.54) is 0 Å². The SMILES string of the molecule is CC(C)(C#N)S(C)(=O)=NC(=O)C(F)(F)F. The molecule has 8 heteroatoms. The summed E-state index contributed by atoms with van der Waals surface area (Å²) in [6, 6.07) is 1.55. The lowest BCUT2D eigenvalue weighted by Crippen LogP contribution is -2.31. The molecule has 1 amide bonds. The minimum absolute atomic E-state index is 0.847. The maximum atomic E-state index is 11.8. The van der Waals surface area contributed by atoms with Crippen molar-refractivity contribution in [3.05, 3.63) is 0 Å². The number of amides is 1. The molecule has 0 N–H and O–H groups in total. The van der Waals surface area contributed by atoms with E-state index in [4.69, 9.17) is 5.26 Å². The van der Waals surface area contributed by atoms with Crippen molar-refractivity contribution in [2.75, 3.05) is 6.26 Å². The first-order valence-corrected chi connectivity index (χ1v) is 5.60. The summed E-state index contributed by atoms with van der Waals surface area (Å²) in [5.74, 6) is -2.43. The van der Waals surface area contributed by atoms with Crippen molar-refractivity contribution in [2.45, 2.75) is 24.8 Å². The Morgan fingerprint density at radius 2 is 1.80 bits per heavy atom. The van der Waals surface area contributed by atoms with Gasteiger partial charge in [-0.15, -0.1) is 0 Å². The van der Waals surface area contributed by atoms with Gasteiger partial charge >= 0.3 is 12.1 Å². The van der Waals surface area contributed by atoms with Gasteiger partial charge in [0.05, 0.1) is 15.8 Å². The van der Waals surface area contributed by atoms with Gasteiger partial charge in [-0.25, -0.2) is 4.21 Å². The molecule has 15 heavy (non-hydrogen) atoms. The van der Waals surface area contributed by atoms with Gasteiger partial charge in [-0.2, -0.15) is 22.8 Å². The first kappa shape index (κ1) is 13.9. The molecule has 0 radical (unpaired) electrons. The van der Waals surface area contributed by atoms with Crippen molar-refractivity contribution in [1.82, 2.24) is 0 Å². The topological polar surface area (TPSA) is 70.3 Å². The molecule has 0 heterocycles. The molecule has 86 valence electrons. The van der Waals surface area contributed by atoms with E-state index in [1.54, 1.807) is 6.07 Å². The van der Waals surface area contributed by atoms with Crippen LogP contribution in [-0.2, 0) is 14.5 Å². The van der Waals surface area contributed by atoms with Crippen LogP contribution in [0.5, 0.6) is 0 Å². The molecule has 1 unspecified atom stereocenters. The molecule has 0 aliphatic carbocycles. The normalized spacial score (nSPS) is 16.3. The van der Waals surface area contributed by atoms with Gasteiger partial charge in [0.25, 0.3) is 0 Å². The standard InChI is InChI=1S/C7H9F3N2O2S/c1-6(2,4-11)15(3,14)12-5(13)7(8,9)10/h1-3H3. The molecule has 0 fully saturated rings. The Labute approximate surface area is 85.3 Å². The van der Waals surface area contributed by atoms with E-state index < -0.39 is 26.6 Å². The molecule has 0 rings (SSSR count). The van der Waals surface area contributed by atoms with Gasteiger partial charge in [0.2, 0.25) is 0 Å². The van der Waals surface area contributed by atoms with Gasteiger partial charge in [-0.1, -0.05) is 0 Å². The molecule has 0 saturated carbocycles. The van der Waals surface area contributed by atoms with Crippen LogP contribution in [-0.4, -0.2) is 27.3 Å². The number of carbonyl (C=O) groups excluding carboxylic acids is 1. The summed E-state index contributed by atoms with van der Waals surface area (Å²) in [6.07, 6.45) is -4.32. The summed E-state index contributed by atoms with van der Waals surface area (Å²) in [6.45, 7) is 2.31. The third kappa shape index (κ3) is 3.20. The maximum absolute atomic E-state index is 11.8. The third-order valence-corrected chi connectivity index (χ3v) is 4.21. The lowest BCUT2D eigenvalue weighted by molar-refractivity contribution is -0.169. The van der Waals surface area contributed by atoms with E-state index in [0.29, 0.717) is 0 Å². The molecule has 0 aliphatic heterocycles. The Bertz CT molecular complexity index is 424. The van der Waals surface area contributed by atoms with Crippen LogP contribution >= 0.6 is 0 Å². The quantitative estimate of drug-likeness (QED) is 0.699. The lowest BCUT2D eigenvalue weighted by Gasteiger charge is -2.17. The van der Waals surface area contributed by atoms with Gasteiger partial charge in [-0.3, -0.25) is 4.79 Å². The van der Waals surface area contributed by atoms with Crippen LogP contribution in [0.2, 0.25) is 0 Å². The van der Waals surface area contributed by atoms with Crippen LogP contribution in [0.1, 0.15) is 13.8 Å². The van der Waals surface area contributed by atoms with E-state index in [2.05, 4.69) is 4.36 Å². The molecular weight excluding hydrogens is 233 g/mol. The number of nitriles is 1. The predicted molar refractivity (Wildman–Crippen MR) is 47.2 cm³/mol. The molecule has 0 aliphatic rings. The fourth-order valence-corrected chi connectivity index (χ4v) is 1.23. The highest BCUT2D eigenvalue weighted by Gasteiger charge is 2.41. The maximum Gasteiger partial charge on any atom is 0.474 e. The zero-order chi connectivity index (χ0) is 12.5. The second kappa shape index (κ2) is 3.81. The summed E-state index contributed by atoms with van der Waals surface area (Å²) < 4.78 is 48.0. The van der Waals surface area contributed by atoms with Crippen LogP contribution in [0.15, 0.2) is 4.36 Å². The number of halogens is 3. The van der Waals surface area contributed by atoms with Crippen LogP contribution < -0.4 is 0 Å². The molecule has 0 aromatic rings. The second-order valence-electron chi connectivity index (χ2n) is 3.32. The van der Waals surface area contributed by atoms with Crippen molar-refractivity contribution in [3.8, 4) is 6.07 Å². The average molecular weight is 242 g/mol. The molecule has 0 aromatic carbocycles. The summed E-state index contributed by atoms with van der Waals surface area (Å²) in [4.78, 5) is 10.5.